The summed E-state index contributed by atoms with van der Waals surface area (Å²) in [6, 6.07) is 14.9. The van der Waals surface area contributed by atoms with E-state index in [4.69, 9.17) is 14.2 Å². The van der Waals surface area contributed by atoms with Gasteiger partial charge in [0.25, 0.3) is 0 Å². The number of thiophene rings is 1. The minimum Gasteiger partial charge on any atom is -0.493 e. The lowest BCUT2D eigenvalue weighted by molar-refractivity contribution is -0.111. The molecule has 1 heterocycles. The van der Waals surface area contributed by atoms with Crippen molar-refractivity contribution in [3.8, 4) is 22.6 Å². The quantitative estimate of drug-likeness (QED) is 0.407. The number of ether oxygens (including phenoxy) is 3. The summed E-state index contributed by atoms with van der Waals surface area (Å²) in [7, 11) is 4.44. The highest BCUT2D eigenvalue weighted by Crippen LogP contribution is 2.40. The van der Waals surface area contributed by atoms with Crippen LogP contribution in [-0.4, -0.2) is 33.2 Å². The standard InChI is InChI=1S/C24H23NO5S/c1-15-21(17-8-6-5-7-9-17)22(24(27)30-4)23(31-15)25-20(26)13-11-16-10-12-18(28-2)19(14-16)29-3/h5-14H,1-4H3,(H,25,26)/b13-11+. The largest absolute Gasteiger partial charge is 0.493 e. The summed E-state index contributed by atoms with van der Waals surface area (Å²) in [6.45, 7) is 1.91. The maximum absolute atomic E-state index is 12.6. The van der Waals surface area contributed by atoms with Crippen LogP contribution in [0.5, 0.6) is 11.5 Å². The molecule has 0 saturated carbocycles. The number of carbonyl (C=O) groups is 2. The number of aryl methyl sites for hydroxylation is 1. The molecule has 6 nitrogen and oxygen atoms in total. The van der Waals surface area contributed by atoms with Crippen molar-refractivity contribution in [1.29, 1.82) is 0 Å². The van der Waals surface area contributed by atoms with E-state index in [1.165, 1.54) is 24.5 Å². The van der Waals surface area contributed by atoms with Gasteiger partial charge in [0.2, 0.25) is 5.91 Å². The normalized spacial score (nSPS) is 10.7. The van der Waals surface area contributed by atoms with Crippen molar-refractivity contribution in [2.24, 2.45) is 0 Å². The minimum absolute atomic E-state index is 0.351. The molecule has 0 radical (unpaired) electrons. The highest BCUT2D eigenvalue weighted by atomic mass is 32.1. The zero-order valence-electron chi connectivity index (χ0n) is 17.7. The zero-order chi connectivity index (χ0) is 22.4. The second-order valence-corrected chi connectivity index (χ2v) is 7.76. The van der Waals surface area contributed by atoms with Gasteiger partial charge in [0.05, 0.1) is 21.3 Å². The van der Waals surface area contributed by atoms with Gasteiger partial charge in [-0.25, -0.2) is 4.79 Å². The van der Waals surface area contributed by atoms with Crippen LogP contribution in [0.1, 0.15) is 20.8 Å². The summed E-state index contributed by atoms with van der Waals surface area (Å²) in [5, 5.41) is 3.26. The van der Waals surface area contributed by atoms with Crippen molar-refractivity contribution in [1.82, 2.24) is 0 Å². The molecule has 1 amide bonds. The fourth-order valence-corrected chi connectivity index (χ4v) is 4.23. The molecular formula is C24H23NO5S. The van der Waals surface area contributed by atoms with Gasteiger partial charge in [-0.2, -0.15) is 0 Å². The van der Waals surface area contributed by atoms with Crippen LogP contribution in [0.25, 0.3) is 17.2 Å². The van der Waals surface area contributed by atoms with Crippen molar-refractivity contribution in [3.05, 3.63) is 70.6 Å². The fourth-order valence-electron chi connectivity index (χ4n) is 3.16. The van der Waals surface area contributed by atoms with Crippen LogP contribution < -0.4 is 14.8 Å². The van der Waals surface area contributed by atoms with Gasteiger partial charge in [-0.15, -0.1) is 11.3 Å². The maximum Gasteiger partial charge on any atom is 0.341 e. The molecule has 0 spiro atoms. The number of benzene rings is 2. The molecule has 0 bridgehead atoms. The van der Waals surface area contributed by atoms with E-state index < -0.39 is 5.97 Å². The first kappa shape index (κ1) is 22.1. The number of nitrogens with one attached hydrogen (secondary N) is 1. The molecule has 0 aliphatic carbocycles. The number of rotatable bonds is 7. The van der Waals surface area contributed by atoms with Crippen molar-refractivity contribution >= 4 is 34.3 Å². The van der Waals surface area contributed by atoms with Crippen molar-refractivity contribution in [2.75, 3.05) is 26.6 Å². The Morgan fingerprint density at radius 3 is 2.32 bits per heavy atom. The van der Waals surface area contributed by atoms with Gasteiger partial charge < -0.3 is 19.5 Å². The second-order valence-electron chi connectivity index (χ2n) is 6.53. The van der Waals surface area contributed by atoms with Crippen LogP contribution in [0, 0.1) is 6.92 Å². The number of carbonyl (C=O) groups excluding carboxylic acids is 2. The highest BCUT2D eigenvalue weighted by molar-refractivity contribution is 7.17. The summed E-state index contributed by atoms with van der Waals surface area (Å²) < 4.78 is 15.5. The van der Waals surface area contributed by atoms with Gasteiger partial charge in [0.1, 0.15) is 10.6 Å². The first-order valence-corrected chi connectivity index (χ1v) is 10.3. The third-order valence-electron chi connectivity index (χ3n) is 4.61. The topological polar surface area (TPSA) is 73.9 Å². The van der Waals surface area contributed by atoms with Gasteiger partial charge in [0, 0.05) is 16.5 Å². The molecule has 160 valence electrons. The average molecular weight is 438 g/mol. The molecule has 2 aromatic carbocycles. The van der Waals surface area contributed by atoms with Crippen LogP contribution in [0.3, 0.4) is 0 Å². The smallest absolute Gasteiger partial charge is 0.341 e. The summed E-state index contributed by atoms with van der Waals surface area (Å²) in [6.07, 6.45) is 3.06. The molecule has 0 aliphatic heterocycles. The summed E-state index contributed by atoms with van der Waals surface area (Å²) in [4.78, 5) is 26.0. The molecule has 0 unspecified atom stereocenters. The first-order valence-electron chi connectivity index (χ1n) is 9.46. The Labute approximate surface area is 185 Å². The van der Waals surface area contributed by atoms with Crippen LogP contribution in [0.15, 0.2) is 54.6 Å². The first-order chi connectivity index (χ1) is 15.0. The number of esters is 1. The molecule has 1 aromatic heterocycles. The predicted molar refractivity (Wildman–Crippen MR) is 123 cm³/mol. The van der Waals surface area contributed by atoms with Crippen LogP contribution >= 0.6 is 11.3 Å². The lowest BCUT2D eigenvalue weighted by Gasteiger charge is -2.08. The SMILES string of the molecule is COC(=O)c1c(NC(=O)/C=C/c2ccc(OC)c(OC)c2)sc(C)c1-c1ccccc1. The molecular weight excluding hydrogens is 414 g/mol. The Balaban J connectivity index is 1.88. The molecule has 31 heavy (non-hydrogen) atoms. The van der Waals surface area contributed by atoms with Gasteiger partial charge >= 0.3 is 5.97 Å². The van der Waals surface area contributed by atoms with Crippen LogP contribution in [0.4, 0.5) is 5.00 Å². The van der Waals surface area contributed by atoms with E-state index in [0.717, 1.165) is 21.6 Å². The number of hydrogen-bond donors (Lipinski definition) is 1. The lowest BCUT2D eigenvalue weighted by Crippen LogP contribution is -2.11. The lowest BCUT2D eigenvalue weighted by atomic mass is 10.0. The molecule has 0 atom stereocenters. The predicted octanol–water partition coefficient (Wildman–Crippen LogP) is 5.18. The van der Waals surface area contributed by atoms with Gasteiger partial charge in [0.15, 0.2) is 11.5 Å². The summed E-state index contributed by atoms with van der Waals surface area (Å²) in [5.41, 5.74) is 2.77. The minimum atomic E-state index is -0.498. The fraction of sp³-hybridized carbons (Fsp3) is 0.167. The Hall–Kier alpha value is -3.58. The van der Waals surface area contributed by atoms with Crippen molar-refractivity contribution < 1.29 is 23.8 Å². The van der Waals surface area contributed by atoms with E-state index in [1.54, 1.807) is 32.4 Å². The van der Waals surface area contributed by atoms with Gasteiger partial charge in [-0.1, -0.05) is 36.4 Å². The average Bonchev–Trinajstić information content (AvgIpc) is 3.12. The van der Waals surface area contributed by atoms with Crippen LogP contribution in [0.2, 0.25) is 0 Å². The molecule has 0 saturated heterocycles. The van der Waals surface area contributed by atoms with Crippen LogP contribution in [-0.2, 0) is 9.53 Å². The third kappa shape index (κ3) is 4.95. The summed E-state index contributed by atoms with van der Waals surface area (Å²) in [5.74, 6) is 0.317. The number of anilines is 1. The Bertz CT molecular complexity index is 1120. The van der Waals surface area contributed by atoms with E-state index >= 15 is 0 Å². The Morgan fingerprint density at radius 2 is 1.68 bits per heavy atom. The molecule has 3 rings (SSSR count). The van der Waals surface area contributed by atoms with Gasteiger partial charge in [-0.3, -0.25) is 4.79 Å². The molecule has 0 aliphatic rings. The van der Waals surface area contributed by atoms with E-state index in [1.807, 2.05) is 43.3 Å². The maximum atomic E-state index is 12.6. The highest BCUT2D eigenvalue weighted by Gasteiger charge is 2.24. The van der Waals surface area contributed by atoms with Crippen molar-refractivity contribution in [2.45, 2.75) is 6.92 Å². The summed E-state index contributed by atoms with van der Waals surface area (Å²) >= 11 is 1.34. The van der Waals surface area contributed by atoms with Crippen molar-refractivity contribution in [3.63, 3.8) is 0 Å². The van der Waals surface area contributed by atoms with E-state index in [2.05, 4.69) is 5.32 Å². The van der Waals surface area contributed by atoms with E-state index in [0.29, 0.717) is 22.1 Å². The second kappa shape index (κ2) is 9.95. The number of amides is 1. The van der Waals surface area contributed by atoms with E-state index in [9.17, 15) is 9.59 Å². The Kier molecular flexibility index (Phi) is 7.10. The molecule has 7 heteroatoms. The molecule has 1 N–H and O–H groups in total. The van der Waals surface area contributed by atoms with Gasteiger partial charge in [-0.05, 0) is 36.3 Å². The number of methoxy groups -OCH3 is 3. The molecule has 0 fully saturated rings. The monoisotopic (exact) mass is 437 g/mol. The Morgan fingerprint density at radius 1 is 0.968 bits per heavy atom. The zero-order valence-corrected chi connectivity index (χ0v) is 18.5. The van der Waals surface area contributed by atoms with E-state index in [-0.39, 0.29) is 5.91 Å². The number of hydrogen-bond acceptors (Lipinski definition) is 6. The third-order valence-corrected chi connectivity index (χ3v) is 5.63. The molecule has 3 aromatic rings.